The van der Waals surface area contributed by atoms with Crippen molar-refractivity contribution < 1.29 is 9.29 Å². The number of quaternary nitrogens is 2. The first-order chi connectivity index (χ1) is 8.95. The number of halogens is 4. The summed E-state index contributed by atoms with van der Waals surface area (Å²) in [5, 5.41) is 24.6. The molecule has 0 aliphatic carbocycles. The number of hydroxylamine groups is 6. The minimum Gasteiger partial charge on any atom is -0.633 e. The molecule has 8 heteroatoms. The van der Waals surface area contributed by atoms with Crippen molar-refractivity contribution in [3.8, 4) is 0 Å². The average molecular weight is 356 g/mol. The third-order valence-electron chi connectivity index (χ3n) is 3.10. The van der Waals surface area contributed by atoms with E-state index in [1.165, 1.54) is 0 Å². The third-order valence-corrected chi connectivity index (χ3v) is 3.78. The van der Waals surface area contributed by atoms with Crippen LogP contribution in [0.15, 0.2) is 0 Å². The molecule has 0 aromatic rings. The minimum atomic E-state index is -0.436. The van der Waals surface area contributed by atoms with Gasteiger partial charge in [-0.25, -0.2) is 0 Å². The first-order valence-electron chi connectivity index (χ1n) is 6.33. The Morgan fingerprint density at radius 1 is 0.526 bits per heavy atom. The van der Waals surface area contributed by atoms with Gasteiger partial charge in [0, 0.05) is 6.42 Å². The molecule has 4 nitrogen and oxygen atoms in total. The van der Waals surface area contributed by atoms with Crippen LogP contribution in [0.25, 0.3) is 0 Å². The Morgan fingerprint density at radius 2 is 0.789 bits per heavy atom. The molecule has 0 fully saturated rings. The molecule has 0 atom stereocenters. The van der Waals surface area contributed by atoms with Gasteiger partial charge in [-0.3, -0.25) is 0 Å². The smallest absolute Gasteiger partial charge is 0.0921 e. The molecule has 0 aromatic carbocycles. The third kappa shape index (κ3) is 8.79. The Labute approximate surface area is 135 Å². The van der Waals surface area contributed by atoms with E-state index in [9.17, 15) is 10.4 Å². The van der Waals surface area contributed by atoms with Crippen LogP contribution in [0.4, 0.5) is 0 Å². The van der Waals surface area contributed by atoms with Crippen LogP contribution in [0.2, 0.25) is 0 Å². The normalized spacial score (nSPS) is 12.9. The van der Waals surface area contributed by atoms with Gasteiger partial charge in [-0.2, -0.15) is 0 Å². The molecule has 0 saturated carbocycles. The van der Waals surface area contributed by atoms with Gasteiger partial charge in [-0.15, -0.1) is 46.4 Å². The molecule has 0 heterocycles. The molecule has 0 aliphatic heterocycles. The molecule has 0 unspecified atom stereocenters. The molecule has 0 saturated heterocycles. The Hall–Kier alpha value is 1.00. The van der Waals surface area contributed by atoms with Gasteiger partial charge in [0.1, 0.15) is 0 Å². The van der Waals surface area contributed by atoms with Crippen molar-refractivity contribution in [3.05, 3.63) is 10.4 Å². The summed E-state index contributed by atoms with van der Waals surface area (Å²) < 4.78 is -0.872. The van der Waals surface area contributed by atoms with Gasteiger partial charge in [0.25, 0.3) is 0 Å². The van der Waals surface area contributed by atoms with Crippen molar-refractivity contribution in [3.63, 3.8) is 0 Å². The zero-order valence-corrected chi connectivity index (χ0v) is 14.0. The molecule has 0 amide bonds. The maximum atomic E-state index is 12.3. The first kappa shape index (κ1) is 20.0. The molecule has 0 N–H and O–H groups in total. The lowest BCUT2D eigenvalue weighted by Crippen LogP contribution is -2.50. The second kappa shape index (κ2) is 10.7. The van der Waals surface area contributed by atoms with Crippen molar-refractivity contribution in [2.24, 2.45) is 0 Å². The van der Waals surface area contributed by atoms with Gasteiger partial charge in [0.2, 0.25) is 0 Å². The molecule has 116 valence electrons. The lowest BCUT2D eigenvalue weighted by Gasteiger charge is -2.45. The summed E-state index contributed by atoms with van der Waals surface area (Å²) in [7, 11) is 0. The summed E-state index contributed by atoms with van der Waals surface area (Å²) in [4.78, 5) is 0. The Balaban J connectivity index is 4.27. The second-order valence-electron chi connectivity index (χ2n) is 4.57. The lowest BCUT2D eigenvalue weighted by atomic mass is 10.3. The summed E-state index contributed by atoms with van der Waals surface area (Å²) in [6.45, 7) is 1.98. The lowest BCUT2D eigenvalue weighted by molar-refractivity contribution is -0.895. The van der Waals surface area contributed by atoms with Crippen LogP contribution in [-0.2, 0) is 0 Å². The topological polar surface area (TPSA) is 46.1 Å². The van der Waals surface area contributed by atoms with Crippen LogP contribution in [0.5, 0.6) is 0 Å². The van der Waals surface area contributed by atoms with Crippen LogP contribution in [0.3, 0.4) is 0 Å². The van der Waals surface area contributed by atoms with Gasteiger partial charge < -0.3 is 19.7 Å². The van der Waals surface area contributed by atoms with Crippen molar-refractivity contribution >= 4 is 46.4 Å². The average Bonchev–Trinajstić information content (AvgIpc) is 2.29. The summed E-state index contributed by atoms with van der Waals surface area (Å²) in [5.41, 5.74) is 0. The summed E-state index contributed by atoms with van der Waals surface area (Å²) in [6, 6.07) is 0. The first-order valence-corrected chi connectivity index (χ1v) is 8.47. The van der Waals surface area contributed by atoms with Gasteiger partial charge in [-0.05, 0) is 0 Å². The molecule has 0 bridgehead atoms. The van der Waals surface area contributed by atoms with Crippen LogP contribution in [0, 0.1) is 10.4 Å². The summed E-state index contributed by atoms with van der Waals surface area (Å²) >= 11 is 22.5. The zero-order valence-electron chi connectivity index (χ0n) is 11.0. The summed E-state index contributed by atoms with van der Waals surface area (Å²) in [5.74, 6) is 1.17. The van der Waals surface area contributed by atoms with Crippen LogP contribution in [-0.4, -0.2) is 72.1 Å². The van der Waals surface area contributed by atoms with Crippen molar-refractivity contribution in [1.82, 2.24) is 0 Å². The predicted molar refractivity (Wildman–Crippen MR) is 84.0 cm³/mol. The fourth-order valence-corrected chi connectivity index (χ4v) is 3.17. The molecule has 0 aromatic heterocycles. The molecule has 0 radical (unpaired) electrons. The summed E-state index contributed by atoms with van der Waals surface area (Å²) in [6.07, 6.45) is 0.522. The number of nitrogens with zero attached hydrogens (tertiary/aromatic N) is 2. The van der Waals surface area contributed by atoms with Crippen LogP contribution < -0.4 is 0 Å². The zero-order chi connectivity index (χ0) is 14.8. The Morgan fingerprint density at radius 3 is 1.00 bits per heavy atom. The van der Waals surface area contributed by atoms with E-state index in [1.807, 2.05) is 0 Å². The Bertz CT molecular complexity index is 201. The monoisotopic (exact) mass is 354 g/mol. The predicted octanol–water partition coefficient (Wildman–Crippen LogP) is 2.96. The van der Waals surface area contributed by atoms with E-state index in [-0.39, 0.29) is 0 Å². The second-order valence-corrected chi connectivity index (χ2v) is 6.08. The van der Waals surface area contributed by atoms with E-state index in [4.69, 9.17) is 46.4 Å². The fourth-order valence-electron chi connectivity index (χ4n) is 1.93. The number of hydrogen-bond donors (Lipinski definition) is 0. The van der Waals surface area contributed by atoms with E-state index in [1.54, 1.807) is 0 Å². The Kier molecular flexibility index (Phi) is 11.2. The van der Waals surface area contributed by atoms with Gasteiger partial charge in [0.05, 0.1) is 62.8 Å². The number of alkyl halides is 4. The van der Waals surface area contributed by atoms with E-state index in [0.717, 1.165) is 0 Å². The molecule has 19 heavy (non-hydrogen) atoms. The van der Waals surface area contributed by atoms with Crippen molar-refractivity contribution in [1.29, 1.82) is 0 Å². The highest BCUT2D eigenvalue weighted by Crippen LogP contribution is 2.12. The van der Waals surface area contributed by atoms with Crippen LogP contribution in [0.1, 0.15) is 6.42 Å². The molecular formula is C11H22Cl4N2O2. The van der Waals surface area contributed by atoms with Crippen molar-refractivity contribution in [2.75, 3.05) is 62.8 Å². The molecule has 0 aliphatic rings. The van der Waals surface area contributed by atoms with Crippen molar-refractivity contribution in [2.45, 2.75) is 6.42 Å². The standard InChI is InChI=1S/C11H22Cl4N2O2/c12-2-8-16(18,9-3-13)6-1-7-17(19,10-4-14)11-5-15/h1-11H2. The van der Waals surface area contributed by atoms with Gasteiger partial charge in [0.15, 0.2) is 0 Å². The van der Waals surface area contributed by atoms with E-state index in [2.05, 4.69) is 0 Å². The fraction of sp³-hybridized carbons (Fsp3) is 1.00. The highest BCUT2D eigenvalue weighted by atomic mass is 35.5. The maximum Gasteiger partial charge on any atom is 0.0921 e. The van der Waals surface area contributed by atoms with Gasteiger partial charge in [-0.1, -0.05) is 0 Å². The van der Waals surface area contributed by atoms with E-state index in [0.29, 0.717) is 69.2 Å². The highest BCUT2D eigenvalue weighted by molar-refractivity contribution is 6.18. The van der Waals surface area contributed by atoms with Gasteiger partial charge >= 0.3 is 0 Å². The van der Waals surface area contributed by atoms with Crippen LogP contribution >= 0.6 is 46.4 Å². The minimum absolute atomic E-state index is 0.293. The largest absolute Gasteiger partial charge is 0.633 e. The number of rotatable bonds is 12. The SMILES string of the molecule is [O-][N+](CCCl)(CCCl)CCC[N+]([O-])(CCCl)CCCl. The maximum absolute atomic E-state index is 12.3. The highest BCUT2D eigenvalue weighted by Gasteiger charge is 2.20. The van der Waals surface area contributed by atoms with E-state index >= 15 is 0 Å². The molecular weight excluding hydrogens is 334 g/mol. The van der Waals surface area contributed by atoms with E-state index < -0.39 is 9.29 Å². The molecule has 0 spiro atoms. The quantitative estimate of drug-likeness (QED) is 0.307. The number of hydrogen-bond acceptors (Lipinski definition) is 2. The molecule has 0 rings (SSSR count).